The molecule has 1 rings (SSSR count). The molecule has 102 valence electrons. The third-order valence-electron chi connectivity index (χ3n) is 2.03. The molecule has 7 nitrogen and oxygen atoms in total. The summed E-state index contributed by atoms with van der Waals surface area (Å²) in [5, 5.41) is 17.3. The van der Waals surface area contributed by atoms with E-state index < -0.39 is 18.5 Å². The van der Waals surface area contributed by atoms with E-state index >= 15 is 0 Å². The average Bonchev–Trinajstić information content (AvgIpc) is 2.37. The van der Waals surface area contributed by atoms with Crippen LogP contribution in [0.4, 0.5) is 0 Å². The Morgan fingerprint density at radius 1 is 1.39 bits per heavy atom. The molecule has 7 heteroatoms. The molecular formula is C11H18N2O5. The van der Waals surface area contributed by atoms with E-state index in [1.54, 1.807) is 0 Å². The lowest BCUT2D eigenvalue weighted by molar-refractivity contribution is -0.133. The molecule has 1 saturated heterocycles. The van der Waals surface area contributed by atoms with Gasteiger partial charge in [-0.2, -0.15) is 0 Å². The van der Waals surface area contributed by atoms with Gasteiger partial charge in [0.2, 0.25) is 5.91 Å². The first-order chi connectivity index (χ1) is 8.51. The van der Waals surface area contributed by atoms with E-state index in [4.69, 9.17) is 14.9 Å². The number of carbonyl (C=O) groups is 2. The van der Waals surface area contributed by atoms with Crippen molar-refractivity contribution in [2.75, 3.05) is 32.9 Å². The number of rotatable bonds is 4. The highest BCUT2D eigenvalue weighted by atomic mass is 16.5. The van der Waals surface area contributed by atoms with Crippen molar-refractivity contribution in [3.63, 3.8) is 0 Å². The van der Waals surface area contributed by atoms with Crippen LogP contribution < -0.4 is 5.73 Å². The summed E-state index contributed by atoms with van der Waals surface area (Å²) in [4.78, 5) is 21.8. The predicted molar refractivity (Wildman–Crippen MR) is 64.6 cm³/mol. The molecule has 0 aromatic rings. The first kappa shape index (κ1) is 16.1. The molecule has 0 saturated carbocycles. The summed E-state index contributed by atoms with van der Waals surface area (Å²) in [6, 6.07) is 0. The number of aliphatic carboxylic acids is 1. The quantitative estimate of drug-likeness (QED) is 0.554. The average molecular weight is 258 g/mol. The van der Waals surface area contributed by atoms with Crippen molar-refractivity contribution in [3.05, 3.63) is 24.4 Å². The Labute approximate surface area is 105 Å². The van der Waals surface area contributed by atoms with Crippen molar-refractivity contribution in [3.8, 4) is 0 Å². The van der Waals surface area contributed by atoms with E-state index in [0.29, 0.717) is 26.3 Å². The Bertz CT molecular complexity index is 321. The van der Waals surface area contributed by atoms with Crippen LogP contribution in [0.5, 0.6) is 0 Å². The second-order valence-electron chi connectivity index (χ2n) is 3.37. The van der Waals surface area contributed by atoms with Gasteiger partial charge in [0.05, 0.1) is 25.4 Å². The van der Waals surface area contributed by atoms with Crippen LogP contribution in [-0.4, -0.2) is 59.9 Å². The number of hydrogen-bond acceptors (Lipinski definition) is 5. The number of carboxylic acid groups (broad SMARTS) is 1. The van der Waals surface area contributed by atoms with Crippen LogP contribution in [0.3, 0.4) is 0 Å². The normalized spacial score (nSPS) is 15.4. The van der Waals surface area contributed by atoms with Crippen molar-refractivity contribution in [2.24, 2.45) is 5.73 Å². The first-order valence-corrected chi connectivity index (χ1v) is 5.29. The molecular weight excluding hydrogens is 240 g/mol. The Morgan fingerprint density at radius 2 is 1.89 bits per heavy atom. The fourth-order valence-corrected chi connectivity index (χ4v) is 1.09. The summed E-state index contributed by atoms with van der Waals surface area (Å²) in [6.45, 7) is 5.21. The van der Waals surface area contributed by atoms with Gasteiger partial charge in [-0.15, -0.1) is 0 Å². The van der Waals surface area contributed by atoms with Crippen LogP contribution in [0, 0.1) is 0 Å². The zero-order chi connectivity index (χ0) is 14.0. The largest absolute Gasteiger partial charge is 0.478 e. The molecule has 18 heavy (non-hydrogen) atoms. The highest BCUT2D eigenvalue weighted by Crippen LogP contribution is 2.01. The number of nitrogens with zero attached hydrogens (tertiary/aromatic N) is 1. The van der Waals surface area contributed by atoms with E-state index in [1.165, 1.54) is 6.20 Å². The number of carboxylic acids is 1. The molecule has 0 aromatic carbocycles. The number of morpholine rings is 1. The zero-order valence-corrected chi connectivity index (χ0v) is 10.0. The second kappa shape index (κ2) is 9.20. The molecule has 1 aliphatic heterocycles. The van der Waals surface area contributed by atoms with Crippen LogP contribution in [0.25, 0.3) is 0 Å². The molecule has 0 aliphatic carbocycles. The van der Waals surface area contributed by atoms with Crippen LogP contribution in [-0.2, 0) is 14.3 Å². The number of carbonyl (C=O) groups excluding carboxylic acids is 1. The van der Waals surface area contributed by atoms with Gasteiger partial charge in [0, 0.05) is 19.3 Å². The maximum Gasteiger partial charge on any atom is 0.335 e. The van der Waals surface area contributed by atoms with E-state index in [-0.39, 0.29) is 5.57 Å². The molecule has 1 amide bonds. The number of nitrogens with two attached hydrogens (primary N) is 1. The SMILES string of the molecule is C=CC(N)=O.O=C(O)C(=CN1CCOCC1)CO. The third kappa shape index (κ3) is 7.42. The number of hydrogen-bond donors (Lipinski definition) is 3. The zero-order valence-electron chi connectivity index (χ0n) is 10.0. The third-order valence-corrected chi connectivity index (χ3v) is 2.03. The Balaban J connectivity index is 0.000000494. The topological polar surface area (TPSA) is 113 Å². The molecule has 0 spiro atoms. The monoisotopic (exact) mass is 258 g/mol. The fraction of sp³-hybridized carbons (Fsp3) is 0.455. The minimum absolute atomic E-state index is 0.0156. The summed E-state index contributed by atoms with van der Waals surface area (Å²) in [5.74, 6) is -1.56. The van der Waals surface area contributed by atoms with Gasteiger partial charge in [-0.05, 0) is 6.08 Å². The van der Waals surface area contributed by atoms with Crippen LogP contribution in [0.15, 0.2) is 24.4 Å². The van der Waals surface area contributed by atoms with Crippen LogP contribution in [0.1, 0.15) is 0 Å². The van der Waals surface area contributed by atoms with Gasteiger partial charge in [0.25, 0.3) is 0 Å². The molecule has 1 fully saturated rings. The van der Waals surface area contributed by atoms with Crippen molar-refractivity contribution in [1.82, 2.24) is 4.90 Å². The van der Waals surface area contributed by atoms with E-state index in [0.717, 1.165) is 6.08 Å². The first-order valence-electron chi connectivity index (χ1n) is 5.29. The minimum Gasteiger partial charge on any atom is -0.478 e. The Morgan fingerprint density at radius 3 is 2.22 bits per heavy atom. The number of aliphatic hydroxyl groups is 1. The molecule has 0 atom stereocenters. The highest BCUT2D eigenvalue weighted by Gasteiger charge is 2.11. The van der Waals surface area contributed by atoms with Gasteiger partial charge in [-0.1, -0.05) is 6.58 Å². The summed E-state index contributed by atoms with van der Waals surface area (Å²) in [7, 11) is 0. The van der Waals surface area contributed by atoms with Gasteiger partial charge < -0.3 is 25.6 Å². The lowest BCUT2D eigenvalue weighted by Crippen LogP contribution is -2.33. The molecule has 4 N–H and O–H groups in total. The smallest absolute Gasteiger partial charge is 0.335 e. The Hall–Kier alpha value is -1.86. The van der Waals surface area contributed by atoms with Crippen LogP contribution >= 0.6 is 0 Å². The lowest BCUT2D eigenvalue weighted by atomic mass is 10.3. The van der Waals surface area contributed by atoms with Crippen molar-refractivity contribution >= 4 is 11.9 Å². The highest BCUT2D eigenvalue weighted by molar-refractivity contribution is 5.86. The van der Waals surface area contributed by atoms with Gasteiger partial charge >= 0.3 is 5.97 Å². The summed E-state index contributed by atoms with van der Waals surface area (Å²) in [5.41, 5.74) is 4.55. The molecule has 1 aliphatic rings. The van der Waals surface area contributed by atoms with E-state index in [1.807, 2.05) is 4.90 Å². The molecule has 0 unspecified atom stereocenters. The van der Waals surface area contributed by atoms with Crippen molar-refractivity contribution in [1.29, 1.82) is 0 Å². The second-order valence-corrected chi connectivity index (χ2v) is 3.37. The molecule has 0 bridgehead atoms. The summed E-state index contributed by atoms with van der Waals surface area (Å²) in [6.07, 6.45) is 2.53. The van der Waals surface area contributed by atoms with E-state index in [9.17, 15) is 9.59 Å². The minimum atomic E-state index is -1.08. The van der Waals surface area contributed by atoms with Crippen molar-refractivity contribution in [2.45, 2.75) is 0 Å². The number of amides is 1. The van der Waals surface area contributed by atoms with Gasteiger partial charge in [-0.3, -0.25) is 4.79 Å². The molecule has 1 heterocycles. The maximum atomic E-state index is 10.5. The predicted octanol–water partition coefficient (Wildman–Crippen LogP) is -1.06. The van der Waals surface area contributed by atoms with E-state index in [2.05, 4.69) is 12.3 Å². The fourth-order valence-electron chi connectivity index (χ4n) is 1.09. The molecule has 0 radical (unpaired) electrons. The van der Waals surface area contributed by atoms with Crippen molar-refractivity contribution < 1.29 is 24.5 Å². The standard InChI is InChI=1S/C8H13NO4.C3H5NO/c10-6-7(8(11)12)5-9-1-3-13-4-2-9;1-2-3(4)5/h5,10H,1-4,6H2,(H,11,12);2H,1H2,(H2,4,5). The van der Waals surface area contributed by atoms with Crippen LogP contribution in [0.2, 0.25) is 0 Å². The van der Waals surface area contributed by atoms with Gasteiger partial charge in [0.15, 0.2) is 0 Å². The van der Waals surface area contributed by atoms with Gasteiger partial charge in [0.1, 0.15) is 0 Å². The Kier molecular flexibility index (Phi) is 8.25. The number of ether oxygens (including phenoxy) is 1. The lowest BCUT2D eigenvalue weighted by Gasteiger charge is -2.25. The number of primary amides is 1. The summed E-state index contributed by atoms with van der Waals surface area (Å²) < 4.78 is 5.09. The maximum absolute atomic E-state index is 10.5. The summed E-state index contributed by atoms with van der Waals surface area (Å²) >= 11 is 0. The number of aliphatic hydroxyl groups excluding tert-OH is 1. The molecule has 0 aromatic heterocycles. The van der Waals surface area contributed by atoms with Gasteiger partial charge in [-0.25, -0.2) is 4.79 Å².